The summed E-state index contributed by atoms with van der Waals surface area (Å²) in [5.41, 5.74) is 0.624. The van der Waals surface area contributed by atoms with Crippen molar-refractivity contribution in [3.8, 4) is 0 Å². The summed E-state index contributed by atoms with van der Waals surface area (Å²) in [6, 6.07) is 15.8. The molecule has 0 bridgehead atoms. The van der Waals surface area contributed by atoms with Crippen LogP contribution in [0.3, 0.4) is 0 Å². The molecule has 0 aliphatic rings. The van der Waals surface area contributed by atoms with E-state index in [1.165, 1.54) is 0 Å². The quantitative estimate of drug-likeness (QED) is 0.663. The molecule has 0 saturated heterocycles. The number of hydrogen-bond donors (Lipinski definition) is 1. The van der Waals surface area contributed by atoms with Crippen LogP contribution in [-0.2, 0) is 10.2 Å². The van der Waals surface area contributed by atoms with Gasteiger partial charge in [0.25, 0.3) is 0 Å². The second-order valence-corrected chi connectivity index (χ2v) is 5.61. The van der Waals surface area contributed by atoms with E-state index < -0.39 is 11.4 Å². The molecule has 0 aliphatic carbocycles. The third kappa shape index (κ3) is 3.05. The Labute approximate surface area is 131 Å². The Balaban J connectivity index is 2.43. The number of carboxylic acid groups (broad SMARTS) is 1. The van der Waals surface area contributed by atoms with Crippen LogP contribution in [0.25, 0.3) is 0 Å². The fourth-order valence-corrected chi connectivity index (χ4v) is 2.58. The van der Waals surface area contributed by atoms with Crippen LogP contribution < -0.4 is 0 Å². The molecule has 2 aromatic rings. The first kappa shape index (κ1) is 15.4. The predicted octanol–water partition coefficient (Wildman–Crippen LogP) is 3.65. The molecule has 0 aliphatic heterocycles. The number of ketones is 1. The molecule has 0 heterocycles. The predicted molar refractivity (Wildman–Crippen MR) is 85.1 cm³/mol. The minimum atomic E-state index is -1.06. The van der Waals surface area contributed by atoms with E-state index in [1.807, 2.05) is 6.07 Å². The zero-order valence-electron chi connectivity index (χ0n) is 11.5. The number of halogens is 1. The number of carbonyl (C=O) groups is 2. The van der Waals surface area contributed by atoms with Crippen molar-refractivity contribution >= 4 is 27.7 Å². The SMILES string of the molecule is CC(CBr)(C(=O)O)c1cccc(C(=O)c2ccccc2)c1. The van der Waals surface area contributed by atoms with Crippen molar-refractivity contribution in [2.24, 2.45) is 0 Å². The first-order valence-electron chi connectivity index (χ1n) is 6.48. The van der Waals surface area contributed by atoms with Gasteiger partial charge in [-0.1, -0.05) is 64.5 Å². The number of hydrogen-bond acceptors (Lipinski definition) is 2. The molecule has 2 rings (SSSR count). The van der Waals surface area contributed by atoms with Crippen molar-refractivity contribution in [1.29, 1.82) is 0 Å². The molecule has 3 nitrogen and oxygen atoms in total. The third-order valence-electron chi connectivity index (χ3n) is 3.54. The fourth-order valence-electron chi connectivity index (χ4n) is 2.02. The number of benzene rings is 2. The van der Waals surface area contributed by atoms with Crippen LogP contribution >= 0.6 is 15.9 Å². The number of carbonyl (C=O) groups excluding carboxylic acids is 1. The van der Waals surface area contributed by atoms with Gasteiger partial charge in [-0.05, 0) is 18.6 Å². The van der Waals surface area contributed by atoms with E-state index in [0.717, 1.165) is 0 Å². The van der Waals surface area contributed by atoms with E-state index in [1.54, 1.807) is 55.5 Å². The number of carboxylic acids is 1. The monoisotopic (exact) mass is 346 g/mol. The van der Waals surface area contributed by atoms with Gasteiger partial charge < -0.3 is 5.11 Å². The maximum absolute atomic E-state index is 12.4. The van der Waals surface area contributed by atoms with Crippen molar-refractivity contribution in [2.75, 3.05) is 5.33 Å². The van der Waals surface area contributed by atoms with Crippen molar-refractivity contribution in [1.82, 2.24) is 0 Å². The molecule has 1 N–H and O–H groups in total. The number of aliphatic carboxylic acids is 1. The highest BCUT2D eigenvalue weighted by molar-refractivity contribution is 9.09. The Morgan fingerprint density at radius 1 is 1.05 bits per heavy atom. The molecule has 0 amide bonds. The van der Waals surface area contributed by atoms with Crippen LogP contribution in [0.5, 0.6) is 0 Å². The summed E-state index contributed by atoms with van der Waals surface area (Å²) < 4.78 is 0. The minimum Gasteiger partial charge on any atom is -0.481 e. The van der Waals surface area contributed by atoms with Crippen molar-refractivity contribution in [2.45, 2.75) is 12.3 Å². The lowest BCUT2D eigenvalue weighted by molar-refractivity contribution is -0.142. The van der Waals surface area contributed by atoms with E-state index in [4.69, 9.17) is 0 Å². The molecule has 0 radical (unpaired) electrons. The maximum atomic E-state index is 12.4. The maximum Gasteiger partial charge on any atom is 0.314 e. The van der Waals surface area contributed by atoms with Crippen LogP contribution in [0, 0.1) is 0 Å². The average Bonchev–Trinajstić information content (AvgIpc) is 2.54. The lowest BCUT2D eigenvalue weighted by Gasteiger charge is -2.23. The highest BCUT2D eigenvalue weighted by atomic mass is 79.9. The zero-order chi connectivity index (χ0) is 15.5. The summed E-state index contributed by atoms with van der Waals surface area (Å²) in [5.74, 6) is -1.04. The van der Waals surface area contributed by atoms with Gasteiger partial charge in [-0.2, -0.15) is 0 Å². The Morgan fingerprint density at radius 2 is 1.67 bits per heavy atom. The normalized spacial score (nSPS) is 13.4. The van der Waals surface area contributed by atoms with Gasteiger partial charge in [0.2, 0.25) is 0 Å². The Hall–Kier alpha value is -1.94. The molecule has 1 unspecified atom stereocenters. The van der Waals surface area contributed by atoms with E-state index in [0.29, 0.717) is 16.7 Å². The first-order chi connectivity index (χ1) is 9.99. The van der Waals surface area contributed by atoms with Gasteiger partial charge >= 0.3 is 5.97 Å². The molecule has 21 heavy (non-hydrogen) atoms. The smallest absolute Gasteiger partial charge is 0.314 e. The van der Waals surface area contributed by atoms with Gasteiger partial charge in [-0.25, -0.2) is 0 Å². The third-order valence-corrected chi connectivity index (χ3v) is 4.66. The molecule has 0 saturated carbocycles. The van der Waals surface area contributed by atoms with Crippen LogP contribution in [0.1, 0.15) is 28.4 Å². The van der Waals surface area contributed by atoms with E-state index in [2.05, 4.69) is 15.9 Å². The number of alkyl halides is 1. The van der Waals surface area contributed by atoms with Gasteiger partial charge in [0.15, 0.2) is 5.78 Å². The van der Waals surface area contributed by atoms with Gasteiger partial charge in [0.1, 0.15) is 0 Å². The standard InChI is InChI=1S/C17H15BrO3/c1-17(11-18,16(20)21)14-9-5-8-13(10-14)15(19)12-6-3-2-4-7-12/h2-10H,11H2,1H3,(H,20,21). The highest BCUT2D eigenvalue weighted by Gasteiger charge is 2.34. The number of rotatable bonds is 5. The lowest BCUT2D eigenvalue weighted by atomic mass is 9.83. The second kappa shape index (κ2) is 6.22. The Kier molecular flexibility index (Phi) is 4.58. The minimum absolute atomic E-state index is 0.111. The van der Waals surface area contributed by atoms with Gasteiger partial charge in [0.05, 0.1) is 5.41 Å². The van der Waals surface area contributed by atoms with Gasteiger partial charge in [-0.15, -0.1) is 0 Å². The van der Waals surface area contributed by atoms with Crippen LogP contribution in [0.2, 0.25) is 0 Å². The fraction of sp³-hybridized carbons (Fsp3) is 0.176. The van der Waals surface area contributed by atoms with Crippen LogP contribution in [0.4, 0.5) is 0 Å². The summed E-state index contributed by atoms with van der Waals surface area (Å²) in [7, 11) is 0. The molecular formula is C17H15BrO3. The lowest BCUT2D eigenvalue weighted by Crippen LogP contribution is -2.34. The summed E-state index contributed by atoms with van der Waals surface area (Å²) in [6.07, 6.45) is 0. The molecule has 108 valence electrons. The molecule has 0 fully saturated rings. The molecule has 1 atom stereocenters. The molecule has 2 aromatic carbocycles. The largest absolute Gasteiger partial charge is 0.481 e. The topological polar surface area (TPSA) is 54.4 Å². The van der Waals surface area contributed by atoms with Crippen LogP contribution in [0.15, 0.2) is 54.6 Å². The summed E-state index contributed by atoms with van der Waals surface area (Å²) in [4.78, 5) is 23.9. The summed E-state index contributed by atoms with van der Waals surface area (Å²) in [6.45, 7) is 1.64. The Bertz CT molecular complexity index is 667. The first-order valence-corrected chi connectivity index (χ1v) is 7.61. The second-order valence-electron chi connectivity index (χ2n) is 5.05. The summed E-state index contributed by atoms with van der Waals surface area (Å²) in [5, 5.41) is 9.69. The summed E-state index contributed by atoms with van der Waals surface area (Å²) >= 11 is 3.25. The Morgan fingerprint density at radius 3 is 2.24 bits per heavy atom. The highest BCUT2D eigenvalue weighted by Crippen LogP contribution is 2.27. The molecular weight excluding hydrogens is 332 g/mol. The van der Waals surface area contributed by atoms with Crippen molar-refractivity contribution in [3.05, 3.63) is 71.3 Å². The van der Waals surface area contributed by atoms with Crippen molar-refractivity contribution in [3.63, 3.8) is 0 Å². The van der Waals surface area contributed by atoms with E-state index >= 15 is 0 Å². The van der Waals surface area contributed by atoms with Crippen molar-refractivity contribution < 1.29 is 14.7 Å². The van der Waals surface area contributed by atoms with Gasteiger partial charge in [0, 0.05) is 16.5 Å². The van der Waals surface area contributed by atoms with Gasteiger partial charge in [-0.3, -0.25) is 9.59 Å². The molecule has 0 spiro atoms. The van der Waals surface area contributed by atoms with E-state index in [9.17, 15) is 14.7 Å². The van der Waals surface area contributed by atoms with Crippen LogP contribution in [-0.4, -0.2) is 22.2 Å². The zero-order valence-corrected chi connectivity index (χ0v) is 13.1. The van der Waals surface area contributed by atoms with E-state index in [-0.39, 0.29) is 11.1 Å². The molecule has 4 heteroatoms. The average molecular weight is 347 g/mol. The molecule has 0 aromatic heterocycles.